The molecule has 0 aromatic rings. The first-order valence-electron chi connectivity index (χ1n) is 5.40. The molecule has 0 rings (SSSR count). The minimum absolute atomic E-state index is 0.0732. The number of rotatable bonds is 7. The lowest BCUT2D eigenvalue weighted by Crippen LogP contribution is -2.16. The fourth-order valence-corrected chi connectivity index (χ4v) is 3.02. The molecule has 17 heavy (non-hydrogen) atoms. The molecule has 0 aliphatic rings. The van der Waals surface area contributed by atoms with Gasteiger partial charge in [-0.1, -0.05) is 18.2 Å². The molecule has 0 bridgehead atoms. The lowest BCUT2D eigenvalue weighted by atomic mass is 10.2. The van der Waals surface area contributed by atoms with Crippen LogP contribution in [0.15, 0.2) is 23.8 Å². The van der Waals surface area contributed by atoms with E-state index in [1.54, 1.807) is 25.3 Å². The van der Waals surface area contributed by atoms with Crippen molar-refractivity contribution in [2.75, 3.05) is 19.1 Å². The number of hydrogen-bond donors (Lipinski definition) is 0. The normalized spacial score (nSPS) is 15.9. The van der Waals surface area contributed by atoms with Gasteiger partial charge in [0.1, 0.15) is 0 Å². The summed E-state index contributed by atoms with van der Waals surface area (Å²) >= 11 is 1.50. The quantitative estimate of drug-likeness (QED) is 0.407. The molecule has 0 aromatic carbocycles. The Hall–Kier alpha value is -0.550. The van der Waals surface area contributed by atoms with Crippen LogP contribution < -0.4 is 0 Å². The van der Waals surface area contributed by atoms with Gasteiger partial charge in [0.15, 0.2) is 0 Å². The van der Waals surface area contributed by atoms with Crippen molar-refractivity contribution < 1.29 is 13.7 Å². The van der Waals surface area contributed by atoms with Crippen molar-refractivity contribution in [3.8, 4) is 0 Å². The van der Waals surface area contributed by atoms with Crippen molar-refractivity contribution in [3.05, 3.63) is 23.8 Å². The maximum absolute atomic E-state index is 11.7. The van der Waals surface area contributed by atoms with Gasteiger partial charge < -0.3 is 4.74 Å². The third-order valence-corrected chi connectivity index (χ3v) is 5.04. The number of ether oxygens (including phenoxy) is 1. The maximum atomic E-state index is 11.7. The van der Waals surface area contributed by atoms with E-state index in [9.17, 15) is 9.00 Å². The summed E-state index contributed by atoms with van der Waals surface area (Å²) < 4.78 is 16.4. The van der Waals surface area contributed by atoms with E-state index in [4.69, 9.17) is 4.74 Å². The van der Waals surface area contributed by atoms with Crippen molar-refractivity contribution in [1.82, 2.24) is 0 Å². The molecule has 0 radical (unpaired) electrons. The molecule has 2 unspecified atom stereocenters. The Morgan fingerprint density at radius 1 is 1.53 bits per heavy atom. The Morgan fingerprint density at radius 2 is 2.18 bits per heavy atom. The van der Waals surface area contributed by atoms with Gasteiger partial charge in [0.05, 0.1) is 11.2 Å². The van der Waals surface area contributed by atoms with Crippen LogP contribution in [0.1, 0.15) is 20.3 Å². The monoisotopic (exact) mass is 276 g/mol. The Bertz CT molecular complexity index is 322. The third-order valence-electron chi connectivity index (χ3n) is 2.05. The van der Waals surface area contributed by atoms with E-state index in [1.807, 2.05) is 19.3 Å². The van der Waals surface area contributed by atoms with Crippen molar-refractivity contribution in [1.29, 1.82) is 0 Å². The zero-order valence-corrected chi connectivity index (χ0v) is 12.4. The number of thioether (sulfide) groups is 1. The molecule has 0 N–H and O–H groups in total. The number of hydrogen-bond acceptors (Lipinski definition) is 4. The second-order valence-corrected chi connectivity index (χ2v) is 6.21. The van der Waals surface area contributed by atoms with Crippen LogP contribution in [-0.2, 0) is 20.3 Å². The molecule has 3 nitrogen and oxygen atoms in total. The lowest BCUT2D eigenvalue weighted by Gasteiger charge is -2.13. The van der Waals surface area contributed by atoms with Crippen molar-refractivity contribution in [2.24, 2.45) is 0 Å². The molecular formula is C12H20O3S2. The van der Waals surface area contributed by atoms with E-state index in [0.717, 1.165) is 0 Å². The summed E-state index contributed by atoms with van der Waals surface area (Å²) in [7, 11) is -0.960. The molecule has 0 aliphatic carbocycles. The predicted molar refractivity (Wildman–Crippen MR) is 75.5 cm³/mol. The van der Waals surface area contributed by atoms with Crippen LogP contribution >= 0.6 is 11.8 Å². The van der Waals surface area contributed by atoms with Crippen molar-refractivity contribution in [2.45, 2.75) is 24.9 Å². The smallest absolute Gasteiger partial charge is 0.334 e. The first kappa shape index (κ1) is 16.4. The fraction of sp³-hybridized carbons (Fsp3) is 0.583. The zero-order valence-electron chi connectivity index (χ0n) is 10.8. The molecule has 5 heteroatoms. The summed E-state index contributed by atoms with van der Waals surface area (Å²) in [5.74, 6) is -0.324. The Balaban J connectivity index is 4.81. The van der Waals surface area contributed by atoms with Crippen molar-refractivity contribution in [3.63, 3.8) is 0 Å². The molecule has 0 heterocycles. The highest BCUT2D eigenvalue weighted by Crippen LogP contribution is 2.20. The highest BCUT2D eigenvalue weighted by Gasteiger charge is 2.18. The summed E-state index contributed by atoms with van der Waals surface area (Å²) in [5.41, 5.74) is 0.569. The van der Waals surface area contributed by atoms with E-state index in [-0.39, 0.29) is 10.6 Å². The molecular weight excluding hydrogens is 256 g/mol. The molecule has 0 aromatic heterocycles. The van der Waals surface area contributed by atoms with Gasteiger partial charge in [-0.3, -0.25) is 4.21 Å². The largest absolute Gasteiger partial charge is 0.463 e. The van der Waals surface area contributed by atoms with Crippen LogP contribution in [0.25, 0.3) is 0 Å². The predicted octanol–water partition coefficient (Wildman–Crippen LogP) is 2.51. The fourth-order valence-electron chi connectivity index (χ4n) is 1.17. The van der Waals surface area contributed by atoms with E-state index in [1.165, 1.54) is 11.8 Å². The highest BCUT2D eigenvalue weighted by atomic mass is 32.2. The minimum atomic E-state index is -0.960. The number of allylic oxidation sites excluding steroid dienone is 3. The molecule has 0 aliphatic heterocycles. The lowest BCUT2D eigenvalue weighted by molar-refractivity contribution is -0.138. The molecule has 2 atom stereocenters. The summed E-state index contributed by atoms with van der Waals surface area (Å²) in [4.78, 5) is 11.7. The van der Waals surface area contributed by atoms with Gasteiger partial charge in [0, 0.05) is 29.0 Å². The first-order chi connectivity index (χ1) is 8.06. The average molecular weight is 276 g/mol. The van der Waals surface area contributed by atoms with Crippen LogP contribution in [0.2, 0.25) is 0 Å². The van der Waals surface area contributed by atoms with Crippen molar-refractivity contribution >= 4 is 28.5 Å². The zero-order chi connectivity index (χ0) is 13.3. The summed E-state index contributed by atoms with van der Waals surface area (Å²) in [6.45, 7) is 4.00. The maximum Gasteiger partial charge on any atom is 0.334 e. The number of carbonyl (C=O) groups excluding carboxylic acids is 1. The number of esters is 1. The van der Waals surface area contributed by atoms with Gasteiger partial charge in [0.2, 0.25) is 0 Å². The molecule has 0 fully saturated rings. The SMILES string of the molecule is CC=CC=C(CC(SC)S(C)=O)C(=O)OCC. The van der Waals surface area contributed by atoms with Crippen LogP contribution in [0.5, 0.6) is 0 Å². The molecule has 0 spiro atoms. The Kier molecular flexibility index (Phi) is 9.17. The Morgan fingerprint density at radius 3 is 2.59 bits per heavy atom. The number of carbonyl (C=O) groups is 1. The van der Waals surface area contributed by atoms with Gasteiger partial charge >= 0.3 is 5.97 Å². The standard InChI is InChI=1S/C12H20O3S2/c1-5-7-8-10(12(13)15-6-2)9-11(16-3)17(4)14/h5,7-8,11H,6,9H2,1-4H3. The minimum Gasteiger partial charge on any atom is -0.463 e. The van der Waals surface area contributed by atoms with Gasteiger partial charge in [-0.2, -0.15) is 0 Å². The second-order valence-electron chi connectivity index (χ2n) is 3.31. The summed E-state index contributed by atoms with van der Waals surface area (Å²) in [6, 6.07) is 0. The highest BCUT2D eigenvalue weighted by molar-refractivity contribution is 8.10. The molecule has 0 amide bonds. The Labute approximate surface area is 110 Å². The molecule has 0 saturated carbocycles. The van der Waals surface area contributed by atoms with E-state index >= 15 is 0 Å². The molecule has 0 saturated heterocycles. The average Bonchev–Trinajstić information content (AvgIpc) is 2.29. The third kappa shape index (κ3) is 6.68. The van der Waals surface area contributed by atoms with E-state index in [2.05, 4.69) is 0 Å². The first-order valence-corrected chi connectivity index (χ1v) is 8.31. The summed E-state index contributed by atoms with van der Waals surface area (Å²) in [5, 5.41) is 0. The van der Waals surface area contributed by atoms with Gasteiger partial charge in [0.25, 0.3) is 0 Å². The van der Waals surface area contributed by atoms with Crippen LogP contribution in [0.4, 0.5) is 0 Å². The van der Waals surface area contributed by atoms with Crippen LogP contribution in [-0.4, -0.2) is 33.9 Å². The topological polar surface area (TPSA) is 43.4 Å². The summed E-state index contributed by atoms with van der Waals surface area (Å²) in [6.07, 6.45) is 9.38. The van der Waals surface area contributed by atoms with E-state index in [0.29, 0.717) is 18.6 Å². The van der Waals surface area contributed by atoms with Gasteiger partial charge in [-0.05, 0) is 20.1 Å². The van der Waals surface area contributed by atoms with E-state index < -0.39 is 10.8 Å². The molecule has 98 valence electrons. The van der Waals surface area contributed by atoms with Gasteiger partial charge in [-0.25, -0.2) is 4.79 Å². The van der Waals surface area contributed by atoms with Gasteiger partial charge in [-0.15, -0.1) is 11.8 Å². The van der Waals surface area contributed by atoms with Crippen LogP contribution in [0, 0.1) is 0 Å². The second kappa shape index (κ2) is 9.48. The van der Waals surface area contributed by atoms with Crippen LogP contribution in [0.3, 0.4) is 0 Å².